The van der Waals surface area contributed by atoms with Crippen LogP contribution in [0.25, 0.3) is 0 Å². The second-order valence-electron chi connectivity index (χ2n) is 5.19. The van der Waals surface area contributed by atoms with Gasteiger partial charge < -0.3 is 10.1 Å². The number of rotatable bonds is 2. The van der Waals surface area contributed by atoms with Crippen LogP contribution in [-0.4, -0.2) is 49.1 Å². The molecule has 3 unspecified atom stereocenters. The summed E-state index contributed by atoms with van der Waals surface area (Å²) in [5.74, 6) is 0.236. The van der Waals surface area contributed by atoms with Gasteiger partial charge in [0, 0.05) is 24.9 Å². The van der Waals surface area contributed by atoms with Crippen molar-refractivity contribution in [1.82, 2.24) is 10.2 Å². The molecule has 0 spiro atoms. The topological polar surface area (TPSA) is 58.6 Å². The highest BCUT2D eigenvalue weighted by Crippen LogP contribution is 2.38. The van der Waals surface area contributed by atoms with E-state index in [-0.39, 0.29) is 29.8 Å². The Balaban J connectivity index is 1.68. The van der Waals surface area contributed by atoms with Crippen LogP contribution in [0.15, 0.2) is 0 Å². The number of nitrogens with one attached hydrogen (secondary N) is 1. The smallest absolute Gasteiger partial charge is 0.232 e. The fourth-order valence-corrected chi connectivity index (χ4v) is 3.10. The molecule has 17 heavy (non-hydrogen) atoms. The quantitative estimate of drug-likeness (QED) is 0.675. The Kier molecular flexibility index (Phi) is 2.88. The molecule has 1 N–H and O–H groups in total. The zero-order chi connectivity index (χ0) is 11.8. The zero-order valence-electron chi connectivity index (χ0n) is 9.85. The van der Waals surface area contributed by atoms with E-state index in [1.54, 1.807) is 0 Å². The number of amides is 2. The van der Waals surface area contributed by atoms with Crippen molar-refractivity contribution in [2.45, 2.75) is 25.4 Å². The molecule has 0 aromatic heterocycles. The third-order valence-electron chi connectivity index (χ3n) is 4.05. The maximum Gasteiger partial charge on any atom is 0.232 e. The molecule has 2 heterocycles. The summed E-state index contributed by atoms with van der Waals surface area (Å²) >= 11 is 0. The highest BCUT2D eigenvalue weighted by Gasteiger charge is 2.45. The number of fused-ring (bicyclic) bond motifs is 2. The third-order valence-corrected chi connectivity index (χ3v) is 4.05. The summed E-state index contributed by atoms with van der Waals surface area (Å²) in [4.78, 5) is 25.6. The highest BCUT2D eigenvalue weighted by molar-refractivity contribution is 6.00. The van der Waals surface area contributed by atoms with Crippen LogP contribution >= 0.6 is 0 Å². The predicted molar refractivity (Wildman–Crippen MR) is 60.2 cm³/mol. The lowest BCUT2D eigenvalue weighted by molar-refractivity contribution is -0.155. The number of hydrogen-bond acceptors (Lipinski definition) is 4. The number of carbonyl (C=O) groups is 2. The van der Waals surface area contributed by atoms with Gasteiger partial charge in [-0.15, -0.1) is 0 Å². The number of nitrogens with zero attached hydrogens (tertiary/aromatic N) is 1. The van der Waals surface area contributed by atoms with Crippen LogP contribution in [0.3, 0.4) is 0 Å². The van der Waals surface area contributed by atoms with Crippen molar-refractivity contribution in [3.8, 4) is 0 Å². The number of likely N-dealkylation sites (tertiary alicyclic amines) is 1. The van der Waals surface area contributed by atoms with E-state index < -0.39 is 0 Å². The minimum atomic E-state index is -0.0332. The minimum Gasteiger partial charge on any atom is -0.374 e. The van der Waals surface area contributed by atoms with Gasteiger partial charge in [0.15, 0.2) is 0 Å². The second kappa shape index (κ2) is 4.38. The summed E-state index contributed by atoms with van der Waals surface area (Å²) in [5, 5.41) is 3.22. The Morgan fingerprint density at radius 3 is 2.53 bits per heavy atom. The molecule has 2 aliphatic heterocycles. The average Bonchev–Trinajstić information content (AvgIpc) is 2.81. The summed E-state index contributed by atoms with van der Waals surface area (Å²) in [7, 11) is 0. The maximum absolute atomic E-state index is 12.1. The molecule has 2 saturated heterocycles. The molecule has 3 fully saturated rings. The largest absolute Gasteiger partial charge is 0.374 e. The number of hydrogen-bond donors (Lipinski definition) is 1. The fourth-order valence-electron chi connectivity index (χ4n) is 3.10. The molecule has 3 atom stereocenters. The van der Waals surface area contributed by atoms with Gasteiger partial charge in [-0.3, -0.25) is 14.5 Å². The molecule has 3 rings (SSSR count). The lowest BCUT2D eigenvalue weighted by atomic mass is 9.97. The number of imide groups is 1. The average molecular weight is 238 g/mol. The van der Waals surface area contributed by atoms with E-state index in [1.807, 2.05) is 0 Å². The minimum absolute atomic E-state index is 0.0259. The van der Waals surface area contributed by atoms with E-state index in [0.717, 1.165) is 32.4 Å². The van der Waals surface area contributed by atoms with Crippen LogP contribution in [0.4, 0.5) is 0 Å². The Labute approximate surface area is 100 Å². The first-order valence-corrected chi connectivity index (χ1v) is 6.43. The van der Waals surface area contributed by atoms with Gasteiger partial charge in [0.2, 0.25) is 11.8 Å². The lowest BCUT2D eigenvalue weighted by Crippen LogP contribution is -2.52. The van der Waals surface area contributed by atoms with E-state index >= 15 is 0 Å². The molecule has 5 heteroatoms. The molecule has 5 nitrogen and oxygen atoms in total. The molecular weight excluding hydrogens is 220 g/mol. The van der Waals surface area contributed by atoms with E-state index in [0.29, 0.717) is 13.2 Å². The summed E-state index contributed by atoms with van der Waals surface area (Å²) in [6, 6.07) is 0. The van der Waals surface area contributed by atoms with Gasteiger partial charge in [0.05, 0.1) is 19.3 Å². The first-order chi connectivity index (χ1) is 8.25. The Bertz CT molecular complexity index is 317. The molecule has 94 valence electrons. The van der Waals surface area contributed by atoms with Gasteiger partial charge in [-0.25, -0.2) is 0 Å². The first kappa shape index (κ1) is 11.2. The van der Waals surface area contributed by atoms with Gasteiger partial charge in [-0.05, 0) is 19.3 Å². The van der Waals surface area contributed by atoms with Gasteiger partial charge in [-0.1, -0.05) is 0 Å². The summed E-state index contributed by atoms with van der Waals surface area (Å²) < 4.78 is 5.56. The van der Waals surface area contributed by atoms with Crippen LogP contribution in [0.5, 0.6) is 0 Å². The van der Waals surface area contributed by atoms with Crippen molar-refractivity contribution in [2.24, 2.45) is 11.8 Å². The SMILES string of the molecule is O=C1C2CCC(C2)C(=O)N1CC1CNCCO1. The summed E-state index contributed by atoms with van der Waals surface area (Å²) in [6.07, 6.45) is 2.51. The number of carbonyl (C=O) groups excluding carboxylic acids is 2. The normalized spacial score (nSPS) is 37.6. The fraction of sp³-hybridized carbons (Fsp3) is 0.833. The van der Waals surface area contributed by atoms with Gasteiger partial charge in [0.1, 0.15) is 0 Å². The van der Waals surface area contributed by atoms with Gasteiger partial charge in [0.25, 0.3) is 0 Å². The van der Waals surface area contributed by atoms with Crippen molar-refractivity contribution in [2.75, 3.05) is 26.2 Å². The Morgan fingerprint density at radius 1 is 1.24 bits per heavy atom. The number of morpholine rings is 1. The molecule has 0 aromatic carbocycles. The van der Waals surface area contributed by atoms with Gasteiger partial charge in [-0.2, -0.15) is 0 Å². The summed E-state index contributed by atoms with van der Waals surface area (Å²) in [5.41, 5.74) is 0. The molecule has 2 bridgehead atoms. The molecular formula is C12H18N2O3. The Hall–Kier alpha value is -0.940. The first-order valence-electron chi connectivity index (χ1n) is 6.43. The zero-order valence-corrected chi connectivity index (χ0v) is 9.85. The van der Waals surface area contributed by atoms with Crippen LogP contribution in [0.1, 0.15) is 19.3 Å². The standard InChI is InChI=1S/C12H18N2O3/c15-11-8-1-2-9(5-8)12(16)14(11)7-10-6-13-3-4-17-10/h8-10,13H,1-7H2. The number of ether oxygens (including phenoxy) is 1. The van der Waals surface area contributed by atoms with Crippen molar-refractivity contribution in [3.63, 3.8) is 0 Å². The van der Waals surface area contributed by atoms with E-state index in [4.69, 9.17) is 4.74 Å². The van der Waals surface area contributed by atoms with Crippen molar-refractivity contribution >= 4 is 11.8 Å². The predicted octanol–water partition coefficient (Wildman–Crippen LogP) is -0.240. The van der Waals surface area contributed by atoms with E-state index in [2.05, 4.69) is 5.32 Å². The molecule has 2 amide bonds. The molecule has 1 aliphatic carbocycles. The summed E-state index contributed by atoms with van der Waals surface area (Å²) in [6.45, 7) is 2.67. The van der Waals surface area contributed by atoms with E-state index in [1.165, 1.54) is 4.90 Å². The van der Waals surface area contributed by atoms with Crippen molar-refractivity contribution in [1.29, 1.82) is 0 Å². The van der Waals surface area contributed by atoms with Crippen LogP contribution in [0, 0.1) is 11.8 Å². The highest BCUT2D eigenvalue weighted by atomic mass is 16.5. The van der Waals surface area contributed by atoms with Crippen LogP contribution in [0.2, 0.25) is 0 Å². The second-order valence-corrected chi connectivity index (χ2v) is 5.19. The van der Waals surface area contributed by atoms with Crippen molar-refractivity contribution in [3.05, 3.63) is 0 Å². The van der Waals surface area contributed by atoms with E-state index in [9.17, 15) is 9.59 Å². The molecule has 1 saturated carbocycles. The third kappa shape index (κ3) is 1.98. The number of piperidine rings is 1. The van der Waals surface area contributed by atoms with Crippen molar-refractivity contribution < 1.29 is 14.3 Å². The Morgan fingerprint density at radius 2 is 1.94 bits per heavy atom. The van der Waals surface area contributed by atoms with Crippen LogP contribution < -0.4 is 5.32 Å². The molecule has 0 radical (unpaired) electrons. The lowest BCUT2D eigenvalue weighted by Gasteiger charge is -2.33. The molecule has 3 aliphatic rings. The monoisotopic (exact) mass is 238 g/mol. The molecule has 0 aromatic rings. The van der Waals surface area contributed by atoms with Crippen LogP contribution in [-0.2, 0) is 14.3 Å². The maximum atomic E-state index is 12.1. The van der Waals surface area contributed by atoms with Gasteiger partial charge >= 0.3 is 0 Å².